The molecule has 144 valence electrons. The largest absolute Gasteiger partial charge is 0.301 e. The highest BCUT2D eigenvalue weighted by Crippen LogP contribution is 2.27. The number of amides is 1. The SMILES string of the molecule is CC(=O)Nc1nnc(S(=O)(=O)Nc2ccc(Cl)cc2C(=O)c2ccccc2)s1. The van der Waals surface area contributed by atoms with E-state index in [-0.39, 0.29) is 25.7 Å². The lowest BCUT2D eigenvalue weighted by molar-refractivity contribution is -0.114. The Morgan fingerprint density at radius 1 is 1.07 bits per heavy atom. The first-order valence-electron chi connectivity index (χ1n) is 7.79. The molecule has 0 atom stereocenters. The number of sulfonamides is 1. The molecule has 0 spiro atoms. The number of nitrogens with zero attached hydrogens (tertiary/aromatic N) is 2. The molecule has 1 aromatic heterocycles. The van der Waals surface area contributed by atoms with Crippen LogP contribution in [0.4, 0.5) is 10.8 Å². The maximum atomic E-state index is 12.8. The zero-order chi connectivity index (χ0) is 20.3. The number of halogens is 1. The molecular formula is C17H13ClN4O4S2. The van der Waals surface area contributed by atoms with Crippen LogP contribution in [0.5, 0.6) is 0 Å². The van der Waals surface area contributed by atoms with Gasteiger partial charge in [0.2, 0.25) is 11.0 Å². The van der Waals surface area contributed by atoms with Crippen LogP contribution in [0.15, 0.2) is 52.9 Å². The fourth-order valence-corrected chi connectivity index (χ4v) is 4.45. The minimum Gasteiger partial charge on any atom is -0.301 e. The molecule has 1 amide bonds. The average Bonchev–Trinajstić information content (AvgIpc) is 3.12. The first-order valence-corrected chi connectivity index (χ1v) is 10.5. The number of anilines is 2. The van der Waals surface area contributed by atoms with Gasteiger partial charge in [0.25, 0.3) is 14.4 Å². The summed E-state index contributed by atoms with van der Waals surface area (Å²) < 4.78 is 27.3. The number of aromatic nitrogens is 2. The monoisotopic (exact) mass is 436 g/mol. The number of rotatable bonds is 6. The Bertz CT molecular complexity index is 1150. The highest BCUT2D eigenvalue weighted by molar-refractivity contribution is 7.94. The fraction of sp³-hybridized carbons (Fsp3) is 0.0588. The number of hydrogen-bond donors (Lipinski definition) is 2. The first-order chi connectivity index (χ1) is 13.3. The van der Waals surface area contributed by atoms with Crippen molar-refractivity contribution >= 4 is 55.5 Å². The van der Waals surface area contributed by atoms with Gasteiger partial charge in [-0.3, -0.25) is 14.3 Å². The van der Waals surface area contributed by atoms with Crippen LogP contribution in [0.3, 0.4) is 0 Å². The van der Waals surface area contributed by atoms with Gasteiger partial charge in [0.15, 0.2) is 5.78 Å². The molecule has 2 N–H and O–H groups in total. The van der Waals surface area contributed by atoms with Crippen LogP contribution in [0, 0.1) is 0 Å². The van der Waals surface area contributed by atoms with E-state index in [2.05, 4.69) is 20.2 Å². The molecule has 11 heteroatoms. The summed E-state index contributed by atoms with van der Waals surface area (Å²) in [5, 5.41) is 9.88. The second-order valence-corrected chi connectivity index (χ2v) is 8.81. The van der Waals surface area contributed by atoms with Crippen LogP contribution in [0.1, 0.15) is 22.8 Å². The summed E-state index contributed by atoms with van der Waals surface area (Å²) in [4.78, 5) is 23.9. The Balaban J connectivity index is 1.95. The standard InChI is InChI=1S/C17H13ClN4O4S2/c1-10(23)19-16-20-21-17(27-16)28(25,26)22-14-8-7-12(18)9-13(14)15(24)11-5-3-2-4-6-11/h2-9,22H,1H3,(H,19,20,23). The molecule has 0 radical (unpaired) electrons. The van der Waals surface area contributed by atoms with Gasteiger partial charge in [-0.15, -0.1) is 10.2 Å². The number of carbonyl (C=O) groups is 2. The van der Waals surface area contributed by atoms with Crippen molar-refractivity contribution in [3.8, 4) is 0 Å². The molecular weight excluding hydrogens is 424 g/mol. The fourth-order valence-electron chi connectivity index (χ4n) is 2.25. The first kappa shape index (κ1) is 19.9. The molecule has 8 nitrogen and oxygen atoms in total. The van der Waals surface area contributed by atoms with Crippen molar-refractivity contribution < 1.29 is 18.0 Å². The van der Waals surface area contributed by atoms with Gasteiger partial charge in [0.05, 0.1) is 5.69 Å². The van der Waals surface area contributed by atoms with Crippen LogP contribution >= 0.6 is 22.9 Å². The van der Waals surface area contributed by atoms with Crippen LogP contribution in [0.25, 0.3) is 0 Å². The van der Waals surface area contributed by atoms with E-state index in [1.54, 1.807) is 30.3 Å². The second kappa shape index (κ2) is 8.05. The van der Waals surface area contributed by atoms with Gasteiger partial charge in [-0.05, 0) is 18.2 Å². The van der Waals surface area contributed by atoms with Crippen LogP contribution in [-0.2, 0) is 14.8 Å². The Labute approximate surface area is 169 Å². The van der Waals surface area contributed by atoms with E-state index in [4.69, 9.17) is 11.6 Å². The summed E-state index contributed by atoms with van der Waals surface area (Å²) in [7, 11) is -4.13. The molecule has 1 heterocycles. The van der Waals surface area contributed by atoms with Crippen molar-refractivity contribution in [3.05, 3.63) is 64.7 Å². The molecule has 0 unspecified atom stereocenters. The summed E-state index contributed by atoms with van der Waals surface area (Å²) in [5.41, 5.74) is 0.525. The van der Waals surface area contributed by atoms with E-state index in [0.717, 1.165) is 0 Å². The Morgan fingerprint density at radius 2 is 1.79 bits per heavy atom. The summed E-state index contributed by atoms with van der Waals surface area (Å²) >= 11 is 6.68. The summed E-state index contributed by atoms with van der Waals surface area (Å²) in [6, 6.07) is 12.6. The molecule has 0 saturated carbocycles. The third-order valence-electron chi connectivity index (χ3n) is 3.43. The number of benzene rings is 2. The molecule has 0 saturated heterocycles. The van der Waals surface area contributed by atoms with Crippen molar-refractivity contribution in [2.45, 2.75) is 11.3 Å². The quantitative estimate of drug-likeness (QED) is 0.452. The van der Waals surface area contributed by atoms with E-state index in [0.29, 0.717) is 16.9 Å². The molecule has 0 fully saturated rings. The summed E-state index contributed by atoms with van der Waals surface area (Å²) in [6.07, 6.45) is 0. The van der Waals surface area contributed by atoms with Gasteiger partial charge >= 0.3 is 0 Å². The second-order valence-electron chi connectivity index (χ2n) is 5.54. The number of nitrogens with one attached hydrogen (secondary N) is 2. The van der Waals surface area contributed by atoms with E-state index in [1.807, 2.05) is 0 Å². The normalized spacial score (nSPS) is 11.1. The zero-order valence-electron chi connectivity index (χ0n) is 14.3. The molecule has 3 aromatic rings. The van der Waals surface area contributed by atoms with Gasteiger partial charge in [-0.2, -0.15) is 8.42 Å². The predicted octanol–water partition coefficient (Wildman–Crippen LogP) is 3.18. The highest BCUT2D eigenvalue weighted by atomic mass is 35.5. The van der Waals surface area contributed by atoms with Crippen molar-refractivity contribution in [1.29, 1.82) is 0 Å². The van der Waals surface area contributed by atoms with Crippen molar-refractivity contribution in [1.82, 2.24) is 10.2 Å². The molecule has 28 heavy (non-hydrogen) atoms. The number of ketones is 1. The van der Waals surface area contributed by atoms with Gasteiger partial charge in [0, 0.05) is 23.1 Å². The van der Waals surface area contributed by atoms with E-state index >= 15 is 0 Å². The molecule has 0 aliphatic rings. The summed E-state index contributed by atoms with van der Waals surface area (Å²) in [6.45, 7) is 1.27. The topological polar surface area (TPSA) is 118 Å². The lowest BCUT2D eigenvalue weighted by Gasteiger charge is -2.11. The minimum absolute atomic E-state index is 0.0459. The zero-order valence-corrected chi connectivity index (χ0v) is 16.7. The van der Waals surface area contributed by atoms with Crippen molar-refractivity contribution in [3.63, 3.8) is 0 Å². The molecule has 3 rings (SSSR count). The third kappa shape index (κ3) is 4.53. The Morgan fingerprint density at radius 3 is 2.46 bits per heavy atom. The minimum atomic E-state index is -4.13. The molecule has 0 aliphatic heterocycles. The average molecular weight is 437 g/mol. The van der Waals surface area contributed by atoms with Crippen LogP contribution in [0.2, 0.25) is 5.02 Å². The maximum absolute atomic E-state index is 12.8. The predicted molar refractivity (Wildman–Crippen MR) is 106 cm³/mol. The Hall–Kier alpha value is -2.82. The molecule has 0 aliphatic carbocycles. The third-order valence-corrected chi connectivity index (χ3v) is 6.23. The summed E-state index contributed by atoms with van der Waals surface area (Å²) in [5.74, 6) is -0.793. The lowest BCUT2D eigenvalue weighted by atomic mass is 10.0. The van der Waals surface area contributed by atoms with Crippen LogP contribution in [-0.4, -0.2) is 30.3 Å². The Kier molecular flexibility index (Phi) is 5.73. The number of carbonyl (C=O) groups excluding carboxylic acids is 2. The van der Waals surface area contributed by atoms with Crippen molar-refractivity contribution in [2.24, 2.45) is 0 Å². The van der Waals surface area contributed by atoms with E-state index < -0.39 is 21.7 Å². The number of hydrogen-bond acceptors (Lipinski definition) is 7. The van der Waals surface area contributed by atoms with Gasteiger partial charge in [0.1, 0.15) is 0 Å². The molecule has 2 aromatic carbocycles. The van der Waals surface area contributed by atoms with E-state index in [9.17, 15) is 18.0 Å². The smallest absolute Gasteiger partial charge is 0.291 e. The maximum Gasteiger partial charge on any atom is 0.291 e. The highest BCUT2D eigenvalue weighted by Gasteiger charge is 2.24. The van der Waals surface area contributed by atoms with Gasteiger partial charge < -0.3 is 5.32 Å². The van der Waals surface area contributed by atoms with Gasteiger partial charge in [-0.1, -0.05) is 53.3 Å². The van der Waals surface area contributed by atoms with Gasteiger partial charge in [-0.25, -0.2) is 0 Å². The van der Waals surface area contributed by atoms with Crippen LogP contribution < -0.4 is 10.0 Å². The molecule has 0 bridgehead atoms. The van der Waals surface area contributed by atoms with Crippen molar-refractivity contribution in [2.75, 3.05) is 10.0 Å². The lowest BCUT2D eigenvalue weighted by Crippen LogP contribution is -2.16. The van der Waals surface area contributed by atoms with E-state index in [1.165, 1.54) is 25.1 Å².